The van der Waals surface area contributed by atoms with Crippen molar-refractivity contribution < 1.29 is 4.79 Å². The van der Waals surface area contributed by atoms with Crippen LogP contribution in [0.15, 0.2) is 28.7 Å². The van der Waals surface area contributed by atoms with Gasteiger partial charge in [0.15, 0.2) is 11.0 Å². The smallest absolute Gasteiger partial charge is 0.234 e. The number of halogens is 2. The largest absolute Gasteiger partial charge is 0.324 e. The van der Waals surface area contributed by atoms with Gasteiger partial charge in [-0.25, -0.2) is 0 Å². The fourth-order valence-electron chi connectivity index (χ4n) is 2.89. The average molecular weight is 455 g/mol. The number of carbonyl (C=O) groups excluding carboxylic acids is 1. The molecule has 0 saturated heterocycles. The number of carbonyl (C=O) groups is 1. The number of amides is 1. The maximum absolute atomic E-state index is 12.3. The van der Waals surface area contributed by atoms with Crippen LogP contribution in [0.5, 0.6) is 0 Å². The SMILES string of the molecule is CCc1c(-c2nnc(SCC(=O)Nc3ccc(Cl)cc3Cl)n2CC)csc1C. The Morgan fingerprint density at radius 2 is 2.07 bits per heavy atom. The number of hydrogen-bond donors (Lipinski definition) is 1. The fourth-order valence-corrected chi connectivity index (χ4v) is 5.09. The number of thioether (sulfide) groups is 1. The molecule has 0 fully saturated rings. The van der Waals surface area contributed by atoms with E-state index in [1.807, 2.05) is 4.57 Å². The monoisotopic (exact) mass is 454 g/mol. The summed E-state index contributed by atoms with van der Waals surface area (Å²) in [5, 5.41) is 15.3. The van der Waals surface area contributed by atoms with Crippen molar-refractivity contribution in [3.05, 3.63) is 44.1 Å². The van der Waals surface area contributed by atoms with Gasteiger partial charge < -0.3 is 9.88 Å². The van der Waals surface area contributed by atoms with Crippen LogP contribution in [0.4, 0.5) is 5.69 Å². The molecule has 0 saturated carbocycles. The molecule has 1 N–H and O–H groups in total. The van der Waals surface area contributed by atoms with Crippen LogP contribution >= 0.6 is 46.3 Å². The van der Waals surface area contributed by atoms with Gasteiger partial charge >= 0.3 is 0 Å². The standard InChI is InChI=1S/C19H20Cl2N4OS2/c1-4-13-11(3)27-9-14(13)18-23-24-19(25(18)5-2)28-10-17(26)22-16-7-6-12(20)8-15(16)21/h6-9H,4-5,10H2,1-3H3,(H,22,26). The Hall–Kier alpha value is -1.54. The summed E-state index contributed by atoms with van der Waals surface area (Å²) < 4.78 is 2.05. The maximum Gasteiger partial charge on any atom is 0.234 e. The molecule has 28 heavy (non-hydrogen) atoms. The lowest BCUT2D eigenvalue weighted by molar-refractivity contribution is -0.113. The Kier molecular flexibility index (Phi) is 7.04. The van der Waals surface area contributed by atoms with Gasteiger partial charge in [-0.05, 0) is 44.0 Å². The van der Waals surface area contributed by atoms with E-state index in [9.17, 15) is 4.79 Å². The highest BCUT2D eigenvalue weighted by Crippen LogP contribution is 2.32. The second kappa shape index (κ2) is 9.31. The highest BCUT2D eigenvalue weighted by atomic mass is 35.5. The number of hydrogen-bond acceptors (Lipinski definition) is 5. The quantitative estimate of drug-likeness (QED) is 0.449. The first kappa shape index (κ1) is 21.2. The van der Waals surface area contributed by atoms with Gasteiger partial charge in [0.25, 0.3) is 0 Å². The van der Waals surface area contributed by atoms with Crippen molar-refractivity contribution in [3.63, 3.8) is 0 Å². The van der Waals surface area contributed by atoms with Crippen molar-refractivity contribution in [1.82, 2.24) is 14.8 Å². The Bertz CT molecular complexity index is 1000. The molecule has 1 aromatic carbocycles. The zero-order valence-electron chi connectivity index (χ0n) is 15.8. The van der Waals surface area contributed by atoms with E-state index in [0.717, 1.165) is 29.5 Å². The normalized spacial score (nSPS) is 11.0. The summed E-state index contributed by atoms with van der Waals surface area (Å²) in [7, 11) is 0. The van der Waals surface area contributed by atoms with E-state index in [4.69, 9.17) is 23.2 Å². The van der Waals surface area contributed by atoms with Crippen LogP contribution in [0.25, 0.3) is 11.4 Å². The molecule has 0 aliphatic carbocycles. The van der Waals surface area contributed by atoms with E-state index in [2.05, 4.69) is 41.7 Å². The molecule has 0 atom stereocenters. The number of nitrogens with zero attached hydrogens (tertiary/aromatic N) is 3. The van der Waals surface area contributed by atoms with Gasteiger partial charge in [0.1, 0.15) is 0 Å². The third kappa shape index (κ3) is 4.54. The molecule has 5 nitrogen and oxygen atoms in total. The van der Waals surface area contributed by atoms with Gasteiger partial charge in [-0.1, -0.05) is 41.9 Å². The van der Waals surface area contributed by atoms with Crippen LogP contribution in [-0.4, -0.2) is 26.4 Å². The molecule has 0 aliphatic heterocycles. The minimum absolute atomic E-state index is 0.165. The summed E-state index contributed by atoms with van der Waals surface area (Å²) in [5.74, 6) is 0.898. The van der Waals surface area contributed by atoms with E-state index in [0.29, 0.717) is 15.7 Å². The lowest BCUT2D eigenvalue weighted by Gasteiger charge is -2.09. The lowest BCUT2D eigenvalue weighted by Crippen LogP contribution is -2.15. The van der Waals surface area contributed by atoms with Crippen molar-refractivity contribution in [1.29, 1.82) is 0 Å². The molecule has 0 spiro atoms. The maximum atomic E-state index is 12.3. The third-order valence-corrected chi connectivity index (χ3v) is 6.74. The number of nitrogens with one attached hydrogen (secondary N) is 1. The fraction of sp³-hybridized carbons (Fsp3) is 0.316. The molecular weight excluding hydrogens is 435 g/mol. The first-order chi connectivity index (χ1) is 13.4. The molecule has 3 aromatic rings. The van der Waals surface area contributed by atoms with Gasteiger partial charge in [-0.2, -0.15) is 0 Å². The number of aromatic nitrogens is 3. The Morgan fingerprint density at radius 1 is 1.29 bits per heavy atom. The summed E-state index contributed by atoms with van der Waals surface area (Å²) in [6, 6.07) is 4.97. The molecule has 1 amide bonds. The molecule has 3 rings (SSSR count). The van der Waals surface area contributed by atoms with Gasteiger partial charge in [0, 0.05) is 27.4 Å². The minimum atomic E-state index is -0.165. The van der Waals surface area contributed by atoms with E-state index in [1.165, 1.54) is 22.2 Å². The summed E-state index contributed by atoms with van der Waals surface area (Å²) in [6.45, 7) is 7.05. The zero-order valence-corrected chi connectivity index (χ0v) is 18.9. The molecule has 9 heteroatoms. The molecular formula is C19H20Cl2N4OS2. The van der Waals surface area contributed by atoms with Gasteiger partial charge in [-0.15, -0.1) is 21.5 Å². The number of anilines is 1. The Labute approximate surface area is 182 Å². The summed E-state index contributed by atoms with van der Waals surface area (Å²) in [5.41, 5.74) is 2.97. The molecule has 2 aromatic heterocycles. The summed E-state index contributed by atoms with van der Waals surface area (Å²) in [4.78, 5) is 13.6. The van der Waals surface area contributed by atoms with E-state index >= 15 is 0 Å². The topological polar surface area (TPSA) is 59.8 Å². The highest BCUT2D eigenvalue weighted by molar-refractivity contribution is 7.99. The molecule has 0 radical (unpaired) electrons. The molecule has 2 heterocycles. The number of thiophene rings is 1. The molecule has 0 unspecified atom stereocenters. The molecule has 0 bridgehead atoms. The second-order valence-corrected chi connectivity index (χ2v) is 8.92. The van der Waals surface area contributed by atoms with Crippen molar-refractivity contribution in [2.75, 3.05) is 11.1 Å². The van der Waals surface area contributed by atoms with Crippen LogP contribution in [0.2, 0.25) is 10.0 Å². The average Bonchev–Trinajstić information content (AvgIpc) is 3.24. The van der Waals surface area contributed by atoms with Crippen LogP contribution in [0.3, 0.4) is 0 Å². The summed E-state index contributed by atoms with van der Waals surface area (Å²) in [6.07, 6.45) is 0.952. The number of rotatable bonds is 7. The van der Waals surface area contributed by atoms with Gasteiger partial charge in [-0.3, -0.25) is 4.79 Å². The van der Waals surface area contributed by atoms with Crippen molar-refractivity contribution >= 4 is 57.9 Å². The van der Waals surface area contributed by atoms with Crippen LogP contribution in [-0.2, 0) is 17.8 Å². The van der Waals surface area contributed by atoms with E-state index in [-0.39, 0.29) is 11.7 Å². The predicted molar refractivity (Wildman–Crippen MR) is 119 cm³/mol. The van der Waals surface area contributed by atoms with Crippen LogP contribution in [0, 0.1) is 6.92 Å². The Balaban J connectivity index is 1.73. The minimum Gasteiger partial charge on any atom is -0.324 e. The highest BCUT2D eigenvalue weighted by Gasteiger charge is 2.19. The second-order valence-electron chi connectivity index (χ2n) is 6.05. The van der Waals surface area contributed by atoms with Crippen molar-refractivity contribution in [2.24, 2.45) is 0 Å². The molecule has 148 valence electrons. The van der Waals surface area contributed by atoms with Crippen molar-refractivity contribution in [2.45, 2.75) is 38.9 Å². The van der Waals surface area contributed by atoms with Gasteiger partial charge in [0.05, 0.1) is 16.5 Å². The van der Waals surface area contributed by atoms with Crippen molar-refractivity contribution in [3.8, 4) is 11.4 Å². The Morgan fingerprint density at radius 3 is 2.75 bits per heavy atom. The predicted octanol–water partition coefficient (Wildman–Crippen LogP) is 5.93. The molecule has 0 aliphatic rings. The summed E-state index contributed by atoms with van der Waals surface area (Å²) >= 11 is 15.1. The lowest BCUT2D eigenvalue weighted by atomic mass is 10.1. The van der Waals surface area contributed by atoms with Gasteiger partial charge in [0.2, 0.25) is 5.91 Å². The van der Waals surface area contributed by atoms with E-state index in [1.54, 1.807) is 29.5 Å². The zero-order chi connectivity index (χ0) is 20.3. The first-order valence-corrected chi connectivity index (χ1v) is 11.4. The number of benzene rings is 1. The van der Waals surface area contributed by atoms with E-state index < -0.39 is 0 Å². The van der Waals surface area contributed by atoms with Crippen LogP contribution in [0.1, 0.15) is 24.3 Å². The number of aryl methyl sites for hydroxylation is 1. The van der Waals surface area contributed by atoms with Crippen LogP contribution < -0.4 is 5.32 Å². The first-order valence-electron chi connectivity index (χ1n) is 8.82. The third-order valence-electron chi connectivity index (χ3n) is 4.27.